The van der Waals surface area contributed by atoms with Gasteiger partial charge in [-0.2, -0.15) is 13.2 Å². The maximum absolute atomic E-state index is 14.8. The molecule has 3 fully saturated rings. The van der Waals surface area contributed by atoms with E-state index in [1.165, 1.54) is 17.0 Å². The second-order valence-electron chi connectivity index (χ2n) is 17.8. The van der Waals surface area contributed by atoms with E-state index in [9.17, 15) is 27.6 Å². The van der Waals surface area contributed by atoms with Gasteiger partial charge in [0.05, 0.1) is 17.7 Å². The normalized spacial score (nSPS) is 37.3. The number of aromatic nitrogens is 3. The molecule has 0 aliphatic heterocycles. The number of ketones is 2. The summed E-state index contributed by atoms with van der Waals surface area (Å²) >= 11 is 0. The fraction of sp³-hybridized carbons (Fsp3) is 0.600. The number of carbonyl (C=O) groups excluding carboxylic acids is 3. The van der Waals surface area contributed by atoms with Crippen LogP contribution in [0.15, 0.2) is 54.3 Å². The third-order valence-electron chi connectivity index (χ3n) is 14.4. The van der Waals surface area contributed by atoms with Crippen molar-refractivity contribution in [3.05, 3.63) is 71.4 Å². The Morgan fingerprint density at radius 2 is 1.68 bits per heavy atom. The minimum Gasteiger partial charge on any atom is -0.307 e. The molecule has 0 amide bonds. The molecule has 0 spiro atoms. The fourth-order valence-corrected chi connectivity index (χ4v) is 11.5. The van der Waals surface area contributed by atoms with Gasteiger partial charge in [0, 0.05) is 34.7 Å². The Labute approximate surface area is 291 Å². The third kappa shape index (κ3) is 4.56. The van der Waals surface area contributed by atoms with E-state index in [0.717, 1.165) is 37.1 Å². The summed E-state index contributed by atoms with van der Waals surface area (Å²) in [5.41, 5.74) is -2.25. The number of halogens is 3. The minimum atomic E-state index is -4.56. The lowest BCUT2D eigenvalue weighted by atomic mass is 9.34. The van der Waals surface area contributed by atoms with Gasteiger partial charge in [-0.15, -0.1) is 0 Å². The van der Waals surface area contributed by atoms with Crippen LogP contribution in [0.25, 0.3) is 16.1 Å². The largest absolute Gasteiger partial charge is 0.433 e. The van der Waals surface area contributed by atoms with Gasteiger partial charge in [0.1, 0.15) is 12.0 Å². The molecule has 5 aliphatic carbocycles. The molecule has 7 rings (SSSR count). The number of alkyl halides is 3. The van der Waals surface area contributed by atoms with Crippen molar-refractivity contribution in [2.45, 2.75) is 99.6 Å². The van der Waals surface area contributed by atoms with Crippen molar-refractivity contribution < 1.29 is 27.6 Å². The second kappa shape index (κ2) is 10.6. The number of rotatable bonds is 2. The predicted octanol–water partition coefficient (Wildman–Crippen LogP) is 9.18. The summed E-state index contributed by atoms with van der Waals surface area (Å²) in [6.07, 6.45) is 8.27. The van der Waals surface area contributed by atoms with Crippen LogP contribution in [0.3, 0.4) is 0 Å². The van der Waals surface area contributed by atoms with Crippen LogP contribution in [0.4, 0.5) is 13.2 Å². The molecule has 264 valence electrons. The van der Waals surface area contributed by atoms with Crippen LogP contribution in [0.2, 0.25) is 0 Å². The molecule has 2 heterocycles. The molecule has 10 heteroatoms. The van der Waals surface area contributed by atoms with E-state index in [4.69, 9.17) is 6.57 Å². The molecule has 2 aromatic rings. The quantitative estimate of drug-likeness (QED) is 0.294. The van der Waals surface area contributed by atoms with E-state index < -0.39 is 44.9 Å². The van der Waals surface area contributed by atoms with E-state index in [1.807, 2.05) is 26.0 Å². The number of nitrogens with zero attached hydrogens (tertiary/aromatic N) is 4. The highest BCUT2D eigenvalue weighted by Crippen LogP contribution is 2.74. The Morgan fingerprint density at radius 3 is 2.32 bits per heavy atom. The molecule has 0 saturated heterocycles. The van der Waals surface area contributed by atoms with Crippen LogP contribution < -0.4 is 0 Å². The minimum absolute atomic E-state index is 0.0241. The summed E-state index contributed by atoms with van der Waals surface area (Å²) < 4.78 is 40.9. The lowest BCUT2D eigenvalue weighted by Gasteiger charge is -2.69. The first kappa shape index (κ1) is 34.6. The van der Waals surface area contributed by atoms with Gasteiger partial charge >= 0.3 is 6.18 Å². The summed E-state index contributed by atoms with van der Waals surface area (Å²) in [5.74, 6) is -0.919. The first-order valence-electron chi connectivity index (χ1n) is 17.7. The van der Waals surface area contributed by atoms with Gasteiger partial charge in [0.25, 0.3) is 0 Å². The monoisotopic (exact) mass is 686 g/mol. The van der Waals surface area contributed by atoms with Crippen LogP contribution in [0.5, 0.6) is 0 Å². The predicted molar refractivity (Wildman–Crippen MR) is 181 cm³/mol. The zero-order valence-corrected chi connectivity index (χ0v) is 29.9. The van der Waals surface area contributed by atoms with Crippen LogP contribution in [0, 0.1) is 56.8 Å². The highest BCUT2D eigenvalue weighted by molar-refractivity contribution is 6.03. The van der Waals surface area contributed by atoms with Crippen molar-refractivity contribution in [3.63, 3.8) is 0 Å². The van der Waals surface area contributed by atoms with E-state index in [-0.39, 0.29) is 40.4 Å². The molecule has 7 nitrogen and oxygen atoms in total. The number of fused-ring (bicyclic) bond motifs is 7. The Morgan fingerprint density at radius 1 is 0.980 bits per heavy atom. The van der Waals surface area contributed by atoms with Crippen molar-refractivity contribution in [3.8, 4) is 11.3 Å². The van der Waals surface area contributed by atoms with Crippen molar-refractivity contribution in [2.24, 2.45) is 50.2 Å². The van der Waals surface area contributed by atoms with Gasteiger partial charge in [-0.05, 0) is 91.2 Å². The average Bonchev–Trinajstić information content (AvgIpc) is 3.53. The summed E-state index contributed by atoms with van der Waals surface area (Å²) in [6, 6.07) is 2.22. The first-order chi connectivity index (χ1) is 23.1. The number of hydrogen-bond acceptors (Lipinski definition) is 5. The molecule has 5 aliphatic rings. The summed E-state index contributed by atoms with van der Waals surface area (Å²) in [6.45, 7) is 22.7. The molecule has 0 aromatic carbocycles. The molecule has 0 bridgehead atoms. The molecule has 2 aromatic heterocycles. The lowest BCUT2D eigenvalue weighted by Crippen LogP contribution is -2.66. The van der Waals surface area contributed by atoms with Gasteiger partial charge in [-0.25, -0.2) is 9.83 Å². The van der Waals surface area contributed by atoms with Crippen LogP contribution >= 0.6 is 0 Å². The molecule has 2 unspecified atom stereocenters. The van der Waals surface area contributed by atoms with Crippen LogP contribution in [-0.2, 0) is 15.8 Å². The highest BCUT2D eigenvalue weighted by Gasteiger charge is 2.71. The zero-order chi connectivity index (χ0) is 36.4. The van der Waals surface area contributed by atoms with Crippen molar-refractivity contribution >= 4 is 17.5 Å². The first-order valence-corrected chi connectivity index (χ1v) is 17.7. The van der Waals surface area contributed by atoms with Gasteiger partial charge in [-0.3, -0.25) is 19.1 Å². The van der Waals surface area contributed by atoms with E-state index in [0.29, 0.717) is 36.9 Å². The fourth-order valence-electron chi connectivity index (χ4n) is 11.5. The maximum atomic E-state index is 14.8. The Kier molecular flexibility index (Phi) is 7.32. The van der Waals surface area contributed by atoms with Crippen molar-refractivity contribution in [1.82, 2.24) is 14.5 Å². The van der Waals surface area contributed by atoms with E-state index >= 15 is 0 Å². The van der Waals surface area contributed by atoms with E-state index in [2.05, 4.69) is 49.4 Å². The third-order valence-corrected chi connectivity index (χ3v) is 14.4. The van der Waals surface area contributed by atoms with E-state index in [1.54, 1.807) is 6.20 Å². The van der Waals surface area contributed by atoms with Gasteiger partial charge in [-0.1, -0.05) is 60.1 Å². The molecular formula is C40H45F3N4O3. The second-order valence-corrected chi connectivity index (χ2v) is 17.8. The van der Waals surface area contributed by atoms with Gasteiger partial charge in [0.15, 0.2) is 11.6 Å². The smallest absolute Gasteiger partial charge is 0.307 e. The SMILES string of the molecule is [C-]#[N+]C1=C[C@]2(C)C3=CC(=O)[C@@H]4C5CC(C)(C)CC[C@]5(C(=O)n5cnc(-c6ccc(C(F)(F)F)nc6)c5)CC[C@@]4(C)[C@]3(C)CCC2C(C)(C)C1=O. The van der Waals surface area contributed by atoms with Crippen molar-refractivity contribution in [2.75, 3.05) is 0 Å². The highest BCUT2D eigenvalue weighted by atomic mass is 19.4. The molecular weight excluding hydrogens is 641 g/mol. The zero-order valence-electron chi connectivity index (χ0n) is 29.9. The van der Waals surface area contributed by atoms with Gasteiger partial charge < -0.3 is 4.79 Å². The molecule has 7 atom stereocenters. The van der Waals surface area contributed by atoms with Crippen LogP contribution in [-0.4, -0.2) is 32.0 Å². The number of carbonyl (C=O) groups is 3. The summed E-state index contributed by atoms with van der Waals surface area (Å²) in [5, 5.41) is 0. The molecule has 3 saturated carbocycles. The number of imidazole rings is 1. The Hall–Kier alpha value is -3.87. The van der Waals surface area contributed by atoms with Gasteiger partial charge in [0.2, 0.25) is 11.6 Å². The lowest BCUT2D eigenvalue weighted by molar-refractivity contribution is -0.164. The maximum Gasteiger partial charge on any atom is 0.433 e. The molecule has 50 heavy (non-hydrogen) atoms. The number of allylic oxidation sites excluding steroid dienone is 4. The molecule has 0 radical (unpaired) electrons. The number of Topliss-reactive ketones (excluding diaryl/α,β-unsaturated/α-hetero) is 1. The topological polar surface area (TPSA) is 86.3 Å². The van der Waals surface area contributed by atoms with Crippen molar-refractivity contribution in [1.29, 1.82) is 0 Å². The average molecular weight is 687 g/mol. The number of pyridine rings is 1. The summed E-state index contributed by atoms with van der Waals surface area (Å²) in [4.78, 5) is 54.7. The Balaban J connectivity index is 1.30. The standard InChI is InChI=1S/C40H45F3N4O3/c1-34(2)13-15-39(33(50)47-21-26(46-22-47)23-9-10-30(45-20-23)40(41,42)43)16-14-38(7)31(24(39)18-34)27(48)17-29-36(5)19-25(44-8)32(49)35(3,4)28(36)11-12-37(29,38)6/h9-10,17,19-22,24,28,31H,11-16,18H2,1-7H3/t24?,28?,31-,36-,37+,38+,39-/m0/s1. The number of hydrogen-bond donors (Lipinski definition) is 0. The Bertz CT molecular complexity index is 1930. The van der Waals surface area contributed by atoms with Crippen LogP contribution in [0.1, 0.15) is 104 Å². The molecule has 0 N–H and O–H groups in total. The summed E-state index contributed by atoms with van der Waals surface area (Å²) in [7, 11) is 0.